The van der Waals surface area contributed by atoms with Crippen LogP contribution >= 0.6 is 0 Å². The number of ketones is 1. The number of esters is 1. The Morgan fingerprint density at radius 2 is 1.76 bits per heavy atom. The van der Waals surface area contributed by atoms with E-state index in [2.05, 4.69) is 19.6 Å². The minimum atomic E-state index is -2.38. The third kappa shape index (κ3) is 4.47. The molecule has 6 rings (SSSR count). The number of epoxide rings is 1. The number of hydrogen-bond donors (Lipinski definition) is 3. The highest BCUT2D eigenvalue weighted by atomic mass is 16.9. The maximum atomic E-state index is 13.7. The van der Waals surface area contributed by atoms with E-state index in [0.717, 1.165) is 12.8 Å². The summed E-state index contributed by atoms with van der Waals surface area (Å²) in [5.74, 6) is -5.58. The van der Waals surface area contributed by atoms with Crippen molar-refractivity contribution in [3.8, 4) is 0 Å². The normalized spacial score (nSPS) is 46.7. The van der Waals surface area contributed by atoms with Gasteiger partial charge < -0.3 is 39.0 Å². The molecule has 46 heavy (non-hydrogen) atoms. The topological polar surface area (TPSA) is 144 Å². The fraction of sp³-hybridized carbons (Fsp3) is 0.722. The molecule has 0 aromatic carbocycles. The van der Waals surface area contributed by atoms with Gasteiger partial charge in [0.25, 0.3) is 0 Å². The van der Waals surface area contributed by atoms with Gasteiger partial charge in [0.1, 0.15) is 30.0 Å². The molecule has 2 unspecified atom stereocenters. The molecule has 6 aliphatic rings. The third-order valence-electron chi connectivity index (χ3n) is 11.6. The number of carbonyl (C=O) groups is 2. The van der Waals surface area contributed by atoms with E-state index in [1.807, 2.05) is 13.0 Å². The van der Waals surface area contributed by atoms with Gasteiger partial charge >= 0.3 is 11.9 Å². The molecule has 254 valence electrons. The van der Waals surface area contributed by atoms with Crippen molar-refractivity contribution in [3.63, 3.8) is 0 Å². The van der Waals surface area contributed by atoms with Crippen molar-refractivity contribution in [3.05, 3.63) is 48.1 Å². The van der Waals surface area contributed by atoms with Crippen molar-refractivity contribution in [2.75, 3.05) is 6.61 Å². The number of aliphatic hydroxyl groups is 3. The fourth-order valence-electron chi connectivity index (χ4n) is 9.37. The average molecular weight is 643 g/mol. The Bertz CT molecular complexity index is 1350. The molecule has 3 heterocycles. The molecule has 3 saturated heterocycles. The molecule has 0 aromatic heterocycles. The highest BCUT2D eigenvalue weighted by Gasteiger charge is 2.90. The van der Waals surface area contributed by atoms with Crippen LogP contribution in [0.3, 0.4) is 0 Å². The van der Waals surface area contributed by atoms with E-state index >= 15 is 0 Å². The van der Waals surface area contributed by atoms with Gasteiger partial charge in [0.2, 0.25) is 0 Å². The number of carbonyl (C=O) groups excluding carboxylic acids is 2. The second-order valence-corrected chi connectivity index (χ2v) is 14.4. The average Bonchev–Trinajstić information content (AvgIpc) is 3.64. The van der Waals surface area contributed by atoms with Crippen molar-refractivity contribution in [1.82, 2.24) is 0 Å². The first kappa shape index (κ1) is 33.7. The van der Waals surface area contributed by atoms with Gasteiger partial charge in [-0.05, 0) is 37.8 Å². The summed E-state index contributed by atoms with van der Waals surface area (Å²) >= 11 is 0. The van der Waals surface area contributed by atoms with Crippen molar-refractivity contribution in [1.29, 1.82) is 0 Å². The first-order chi connectivity index (χ1) is 21.8. The Kier molecular flexibility index (Phi) is 8.61. The highest BCUT2D eigenvalue weighted by molar-refractivity contribution is 6.05. The van der Waals surface area contributed by atoms with Crippen molar-refractivity contribution in [2.24, 2.45) is 17.8 Å². The van der Waals surface area contributed by atoms with Crippen LogP contribution in [-0.4, -0.2) is 86.5 Å². The summed E-state index contributed by atoms with van der Waals surface area (Å²) in [5, 5.41) is 34.6. The molecule has 3 bridgehead atoms. The molecule has 0 spiro atoms. The monoisotopic (exact) mass is 642 g/mol. The van der Waals surface area contributed by atoms with E-state index < -0.39 is 88.9 Å². The molecule has 5 fully saturated rings. The van der Waals surface area contributed by atoms with Crippen LogP contribution in [-0.2, 0) is 33.3 Å². The highest BCUT2D eigenvalue weighted by Crippen LogP contribution is 2.73. The molecule has 3 N–H and O–H groups in total. The molecular weight excluding hydrogens is 592 g/mol. The summed E-state index contributed by atoms with van der Waals surface area (Å²) in [4.78, 5) is 26.3. The van der Waals surface area contributed by atoms with Crippen LogP contribution in [0.1, 0.15) is 86.0 Å². The van der Waals surface area contributed by atoms with Gasteiger partial charge in [0.15, 0.2) is 17.0 Å². The van der Waals surface area contributed by atoms with Crippen LogP contribution in [0.4, 0.5) is 0 Å². The molecule has 3 aliphatic carbocycles. The minimum Gasteiger partial charge on any atom is -0.459 e. The number of allylic oxidation sites excluding steroid dienone is 3. The zero-order valence-electron chi connectivity index (χ0n) is 27.7. The van der Waals surface area contributed by atoms with Crippen LogP contribution in [0.2, 0.25) is 0 Å². The molecule has 0 radical (unpaired) electrons. The summed E-state index contributed by atoms with van der Waals surface area (Å²) in [6.07, 6.45) is 14.1. The van der Waals surface area contributed by atoms with Crippen LogP contribution in [0.15, 0.2) is 48.1 Å². The summed E-state index contributed by atoms with van der Waals surface area (Å²) < 4.78 is 32.6. The lowest BCUT2D eigenvalue weighted by Crippen LogP contribution is -2.76. The Hall–Kier alpha value is -2.18. The maximum absolute atomic E-state index is 13.7. The Balaban J connectivity index is 1.39. The van der Waals surface area contributed by atoms with Gasteiger partial charge in [-0.15, -0.1) is 0 Å². The maximum Gasteiger partial charge on any atom is 0.307 e. The van der Waals surface area contributed by atoms with E-state index in [0.29, 0.717) is 5.57 Å². The lowest BCUT2D eigenvalue weighted by atomic mass is 9.53. The van der Waals surface area contributed by atoms with Crippen molar-refractivity contribution in [2.45, 2.75) is 139 Å². The van der Waals surface area contributed by atoms with Crippen LogP contribution in [0, 0.1) is 17.8 Å². The summed E-state index contributed by atoms with van der Waals surface area (Å²) in [7, 11) is 0. The van der Waals surface area contributed by atoms with Gasteiger partial charge in [-0.25, -0.2) is 0 Å². The van der Waals surface area contributed by atoms with Crippen molar-refractivity contribution < 1.29 is 48.6 Å². The Labute approximate surface area is 271 Å². The minimum absolute atomic E-state index is 0.251. The Morgan fingerprint density at radius 1 is 1.07 bits per heavy atom. The van der Waals surface area contributed by atoms with Crippen LogP contribution in [0.25, 0.3) is 0 Å². The van der Waals surface area contributed by atoms with E-state index in [9.17, 15) is 24.9 Å². The van der Waals surface area contributed by atoms with Gasteiger partial charge in [-0.1, -0.05) is 83.3 Å². The van der Waals surface area contributed by atoms with Gasteiger partial charge in [0, 0.05) is 30.8 Å². The van der Waals surface area contributed by atoms with Crippen molar-refractivity contribution >= 4 is 11.8 Å². The third-order valence-corrected chi connectivity index (χ3v) is 11.6. The van der Waals surface area contributed by atoms with Gasteiger partial charge in [0.05, 0.1) is 12.2 Å². The van der Waals surface area contributed by atoms with Crippen LogP contribution in [0.5, 0.6) is 0 Å². The largest absolute Gasteiger partial charge is 0.459 e. The second kappa shape index (κ2) is 11.8. The Morgan fingerprint density at radius 3 is 2.41 bits per heavy atom. The number of fused-ring (bicyclic) bond motifs is 3. The first-order valence-electron chi connectivity index (χ1n) is 17.0. The number of aliphatic hydroxyl groups excluding tert-OH is 2. The number of rotatable bonds is 13. The molecule has 0 aromatic rings. The number of unbranched alkanes of at least 4 members (excludes halogenated alkanes) is 7. The summed E-state index contributed by atoms with van der Waals surface area (Å²) in [5.41, 5.74) is -6.13. The molecule has 10 nitrogen and oxygen atoms in total. The lowest BCUT2D eigenvalue weighted by Gasteiger charge is -2.61. The molecule has 0 amide bonds. The molecule has 12 atom stereocenters. The van der Waals surface area contributed by atoms with E-state index in [-0.39, 0.29) is 5.57 Å². The van der Waals surface area contributed by atoms with Gasteiger partial charge in [-0.2, -0.15) is 0 Å². The predicted octanol–water partition coefficient (Wildman–Crippen LogP) is 3.97. The number of ether oxygens (including phenoxy) is 5. The smallest absolute Gasteiger partial charge is 0.307 e. The van der Waals surface area contributed by atoms with E-state index in [1.54, 1.807) is 32.1 Å². The summed E-state index contributed by atoms with van der Waals surface area (Å²) in [6, 6.07) is 0. The molecule has 3 aliphatic heterocycles. The molecule has 2 saturated carbocycles. The lowest BCUT2D eigenvalue weighted by molar-refractivity contribution is -0.407. The van der Waals surface area contributed by atoms with Crippen LogP contribution < -0.4 is 0 Å². The second-order valence-electron chi connectivity index (χ2n) is 14.4. The first-order valence-corrected chi connectivity index (χ1v) is 17.0. The number of hydrogen-bond acceptors (Lipinski definition) is 10. The number of Topliss-reactive ketones (excluding diaryl/α,β-unsaturated/α-hetero) is 1. The fourth-order valence-corrected chi connectivity index (χ4v) is 9.37. The predicted molar refractivity (Wildman–Crippen MR) is 167 cm³/mol. The zero-order valence-corrected chi connectivity index (χ0v) is 27.7. The quantitative estimate of drug-likeness (QED) is 0.0888. The standard InChI is InChI=1S/C36H50O10/c1-7-8-9-10-11-12-13-14-15-16-17-18-33-44-30-26-29-32(20-37,43-29)31(40)34(41)25(19-22(4)27(34)39)36(26,46-33)23(5)28(42-24(6)38)35(30,45-33)21(2)3/h15-19,23,25-26,28-31,37,40-41H,2,7-14,20H2,1,3-6H3/b16-15+,18-17+/t23?,25-,26+,28-,29+,30-,31-,32+,33+,34-,35+,36?/m1/s1. The molecular formula is C36H50O10. The van der Waals surface area contributed by atoms with E-state index in [1.165, 1.54) is 45.4 Å². The summed E-state index contributed by atoms with van der Waals surface area (Å²) in [6.45, 7) is 12.3. The molecule has 10 heteroatoms. The van der Waals surface area contributed by atoms with E-state index in [4.69, 9.17) is 23.7 Å². The van der Waals surface area contributed by atoms with Gasteiger partial charge in [-0.3, -0.25) is 9.59 Å². The SMILES string of the molecule is C=C(C)[C@@]12O[C@]3(/C=C/C=C/CCCCCCCCC)O[C@@H]1[C@@H]1[C@@H]4O[C@]4(CO)[C@@H](O)[C@]4(O)C(=O)C(C)=C[C@H]4C1(O3)C(C)[C@H]2OC(C)=O. The zero-order chi connectivity index (χ0) is 33.3.